The van der Waals surface area contributed by atoms with Gasteiger partial charge in [-0.25, -0.2) is 4.79 Å². The van der Waals surface area contributed by atoms with E-state index in [1.807, 2.05) is 30.3 Å². The first kappa shape index (κ1) is 24.4. The molecule has 2 amide bonds. The number of nitrogens with zero attached hydrogens (tertiary/aromatic N) is 1. The number of benzene rings is 3. The van der Waals surface area contributed by atoms with Crippen LogP contribution in [0.3, 0.4) is 0 Å². The summed E-state index contributed by atoms with van der Waals surface area (Å²) in [7, 11) is 4.63. The minimum Gasteiger partial charge on any atom is -0.493 e. The van der Waals surface area contributed by atoms with Crippen LogP contribution in [0.1, 0.15) is 22.8 Å². The number of methoxy groups -OCH3 is 2. The fourth-order valence-corrected chi connectivity index (χ4v) is 3.18. The molecule has 0 aliphatic rings. The van der Waals surface area contributed by atoms with Crippen LogP contribution in [0.15, 0.2) is 66.7 Å². The minimum absolute atomic E-state index is 0.292. The van der Waals surface area contributed by atoms with Crippen LogP contribution in [-0.2, 0) is 11.3 Å². The molecule has 3 aromatic carbocycles. The largest absolute Gasteiger partial charge is 0.493 e. The van der Waals surface area contributed by atoms with E-state index in [9.17, 15) is 9.59 Å². The van der Waals surface area contributed by atoms with Gasteiger partial charge in [-0.3, -0.25) is 9.69 Å². The van der Waals surface area contributed by atoms with Gasteiger partial charge in [0.25, 0.3) is 5.91 Å². The number of carbonyl (C=O) groups is 2. The van der Waals surface area contributed by atoms with Crippen LogP contribution in [0.4, 0.5) is 16.2 Å². The second kappa shape index (κ2) is 11.6. The zero-order valence-electron chi connectivity index (χ0n) is 19.7. The topological polar surface area (TPSA) is 86.3 Å². The van der Waals surface area contributed by atoms with Crippen molar-refractivity contribution < 1.29 is 28.5 Å². The van der Waals surface area contributed by atoms with Gasteiger partial charge in [0.2, 0.25) is 5.75 Å². The molecule has 0 bridgehead atoms. The third kappa shape index (κ3) is 5.98. The Morgan fingerprint density at radius 2 is 1.53 bits per heavy atom. The summed E-state index contributed by atoms with van der Waals surface area (Å²) in [6, 6.07) is 19.7. The van der Waals surface area contributed by atoms with Crippen LogP contribution < -0.4 is 24.4 Å². The number of nitrogens with one attached hydrogen (secondary N) is 1. The van der Waals surface area contributed by atoms with Gasteiger partial charge in [-0.2, -0.15) is 0 Å². The second-order valence-corrected chi connectivity index (χ2v) is 7.24. The Hall–Kier alpha value is -4.20. The molecule has 1 N–H and O–H groups in total. The maximum Gasteiger partial charge on any atom is 0.413 e. The van der Waals surface area contributed by atoms with Crippen molar-refractivity contribution in [1.29, 1.82) is 0 Å². The van der Waals surface area contributed by atoms with Crippen molar-refractivity contribution >= 4 is 23.4 Å². The first-order valence-corrected chi connectivity index (χ1v) is 10.7. The first-order chi connectivity index (χ1) is 16.5. The van der Waals surface area contributed by atoms with Crippen molar-refractivity contribution in [3.63, 3.8) is 0 Å². The summed E-state index contributed by atoms with van der Waals surface area (Å²) in [5.74, 6) is 0.827. The zero-order chi connectivity index (χ0) is 24.5. The van der Waals surface area contributed by atoms with Crippen molar-refractivity contribution in [1.82, 2.24) is 0 Å². The molecule has 0 fully saturated rings. The summed E-state index contributed by atoms with van der Waals surface area (Å²) in [5.41, 5.74) is 2.53. The summed E-state index contributed by atoms with van der Waals surface area (Å²) >= 11 is 0. The Morgan fingerprint density at radius 3 is 2.09 bits per heavy atom. The number of ether oxygens (including phenoxy) is 4. The summed E-state index contributed by atoms with van der Waals surface area (Å²) in [4.78, 5) is 26.2. The third-order valence-electron chi connectivity index (χ3n) is 5.00. The smallest absolute Gasteiger partial charge is 0.413 e. The van der Waals surface area contributed by atoms with Gasteiger partial charge in [0.15, 0.2) is 11.5 Å². The van der Waals surface area contributed by atoms with Crippen LogP contribution in [0.25, 0.3) is 0 Å². The number of carbonyl (C=O) groups excluding carboxylic acids is 2. The average molecular weight is 465 g/mol. The van der Waals surface area contributed by atoms with Gasteiger partial charge in [0.1, 0.15) is 6.61 Å². The molecular weight excluding hydrogens is 436 g/mol. The van der Waals surface area contributed by atoms with Crippen LogP contribution in [0.2, 0.25) is 0 Å². The second-order valence-electron chi connectivity index (χ2n) is 7.24. The molecule has 34 heavy (non-hydrogen) atoms. The molecule has 0 radical (unpaired) electrons. The van der Waals surface area contributed by atoms with Crippen LogP contribution >= 0.6 is 0 Å². The van der Waals surface area contributed by atoms with Gasteiger partial charge in [0.05, 0.1) is 20.8 Å². The molecule has 0 spiro atoms. The molecule has 0 aliphatic heterocycles. The van der Waals surface area contributed by atoms with E-state index in [4.69, 9.17) is 18.9 Å². The minimum atomic E-state index is -0.451. The number of hydrogen-bond donors (Lipinski definition) is 1. The van der Waals surface area contributed by atoms with Gasteiger partial charge < -0.3 is 24.3 Å². The lowest BCUT2D eigenvalue weighted by Gasteiger charge is -2.17. The predicted octanol–water partition coefficient (Wildman–Crippen LogP) is 5.13. The SMILES string of the molecule is CCOC(=O)N(C)c1ccc(NC(=O)c2cc(OC)c(OCc3ccccc3)c(OC)c2)cc1. The summed E-state index contributed by atoms with van der Waals surface area (Å²) in [6.07, 6.45) is -0.451. The molecule has 178 valence electrons. The zero-order valence-corrected chi connectivity index (χ0v) is 19.7. The molecule has 8 heteroatoms. The molecular formula is C26H28N2O6. The fraction of sp³-hybridized carbons (Fsp3) is 0.231. The van der Waals surface area contributed by atoms with Crippen LogP contribution in [0, 0.1) is 0 Å². The maximum absolute atomic E-state index is 12.9. The summed E-state index contributed by atoms with van der Waals surface area (Å²) in [6.45, 7) is 2.36. The van der Waals surface area contributed by atoms with E-state index < -0.39 is 6.09 Å². The molecule has 3 rings (SSSR count). The van der Waals surface area contributed by atoms with Gasteiger partial charge in [-0.15, -0.1) is 0 Å². The highest BCUT2D eigenvalue weighted by Gasteiger charge is 2.18. The highest BCUT2D eigenvalue weighted by atomic mass is 16.6. The first-order valence-electron chi connectivity index (χ1n) is 10.7. The van der Waals surface area contributed by atoms with E-state index in [-0.39, 0.29) is 5.91 Å². The fourth-order valence-electron chi connectivity index (χ4n) is 3.18. The van der Waals surface area contributed by atoms with E-state index in [2.05, 4.69) is 5.32 Å². The Morgan fingerprint density at radius 1 is 0.912 bits per heavy atom. The standard InChI is InChI=1S/C26H28N2O6/c1-5-33-26(30)28(2)21-13-11-20(12-14-21)27-25(29)19-15-22(31-3)24(23(16-19)32-4)34-17-18-9-7-6-8-10-18/h6-16H,5,17H2,1-4H3,(H,27,29). The average Bonchev–Trinajstić information content (AvgIpc) is 2.87. The number of anilines is 2. The van der Waals surface area contributed by atoms with E-state index >= 15 is 0 Å². The molecule has 0 aliphatic carbocycles. The Balaban J connectivity index is 1.75. The van der Waals surface area contributed by atoms with E-state index in [0.717, 1.165) is 5.56 Å². The van der Waals surface area contributed by atoms with Gasteiger partial charge in [-0.05, 0) is 48.9 Å². The normalized spacial score (nSPS) is 10.2. The van der Waals surface area contributed by atoms with E-state index in [0.29, 0.717) is 47.4 Å². The van der Waals surface area contributed by atoms with Gasteiger partial charge in [0, 0.05) is 24.0 Å². The molecule has 0 unspecified atom stereocenters. The molecule has 0 saturated carbocycles. The molecule has 8 nitrogen and oxygen atoms in total. The van der Waals surface area contributed by atoms with E-state index in [1.54, 1.807) is 50.4 Å². The Bertz CT molecular complexity index is 1090. The Kier molecular flexibility index (Phi) is 8.34. The highest BCUT2D eigenvalue weighted by Crippen LogP contribution is 2.39. The van der Waals surface area contributed by atoms with Gasteiger partial charge in [-0.1, -0.05) is 30.3 Å². The highest BCUT2D eigenvalue weighted by molar-refractivity contribution is 6.05. The lowest BCUT2D eigenvalue weighted by molar-refractivity contribution is 0.102. The number of hydrogen-bond acceptors (Lipinski definition) is 6. The quantitative estimate of drug-likeness (QED) is 0.473. The molecule has 0 aromatic heterocycles. The number of amides is 2. The summed E-state index contributed by atoms with van der Waals surface area (Å²) in [5, 5.41) is 2.83. The maximum atomic E-state index is 12.9. The van der Waals surface area contributed by atoms with Crippen molar-refractivity contribution in [2.45, 2.75) is 13.5 Å². The molecule has 0 heterocycles. The van der Waals surface area contributed by atoms with Crippen molar-refractivity contribution in [3.8, 4) is 17.2 Å². The lowest BCUT2D eigenvalue weighted by atomic mass is 10.1. The summed E-state index contributed by atoms with van der Waals surface area (Å²) < 4.78 is 21.9. The predicted molar refractivity (Wildman–Crippen MR) is 130 cm³/mol. The Labute approximate surface area is 199 Å². The van der Waals surface area contributed by atoms with Crippen molar-refractivity contribution in [2.24, 2.45) is 0 Å². The van der Waals surface area contributed by atoms with E-state index in [1.165, 1.54) is 19.1 Å². The third-order valence-corrected chi connectivity index (χ3v) is 5.00. The van der Waals surface area contributed by atoms with Crippen molar-refractivity contribution in [2.75, 3.05) is 38.1 Å². The van der Waals surface area contributed by atoms with Crippen molar-refractivity contribution in [3.05, 3.63) is 77.9 Å². The van der Waals surface area contributed by atoms with Gasteiger partial charge >= 0.3 is 6.09 Å². The number of rotatable bonds is 9. The molecule has 0 atom stereocenters. The monoisotopic (exact) mass is 464 g/mol. The van der Waals surface area contributed by atoms with Crippen LogP contribution in [-0.4, -0.2) is 39.9 Å². The molecule has 3 aromatic rings. The lowest BCUT2D eigenvalue weighted by Crippen LogP contribution is -2.26. The molecule has 0 saturated heterocycles. The van der Waals surface area contributed by atoms with Crippen LogP contribution in [0.5, 0.6) is 17.2 Å².